The molecule has 2 heterocycles. The number of amides is 2. The van der Waals surface area contributed by atoms with E-state index in [0.717, 1.165) is 17.7 Å². The number of carbonyl (C=O) groups is 3. The number of hydrogen-bond acceptors (Lipinski definition) is 4. The van der Waals surface area contributed by atoms with Crippen LogP contribution in [0.25, 0.3) is 0 Å². The third kappa shape index (κ3) is 3.51. The molecule has 1 aromatic rings. The average molecular weight is 346 g/mol. The third-order valence-corrected chi connectivity index (χ3v) is 4.79. The number of morpholine rings is 1. The van der Waals surface area contributed by atoms with Gasteiger partial charge in [0.2, 0.25) is 11.8 Å². The summed E-state index contributed by atoms with van der Waals surface area (Å²) in [6.45, 7) is 2.96. The Morgan fingerprint density at radius 2 is 2.04 bits per heavy atom. The Kier molecular flexibility index (Phi) is 5.03. The number of rotatable bonds is 4. The van der Waals surface area contributed by atoms with Gasteiger partial charge in [-0.2, -0.15) is 0 Å². The SMILES string of the molecule is CCc1ccccc1N1CC(C(=O)N2CCOC(C(=O)O)C2)CC1=O. The Bertz CT molecular complexity index is 690. The van der Waals surface area contributed by atoms with Crippen LogP contribution in [0.3, 0.4) is 0 Å². The predicted molar refractivity (Wildman–Crippen MR) is 90.2 cm³/mol. The molecular formula is C18H22N2O5. The molecule has 0 aliphatic carbocycles. The molecule has 0 saturated carbocycles. The third-order valence-electron chi connectivity index (χ3n) is 4.79. The van der Waals surface area contributed by atoms with Crippen LogP contribution >= 0.6 is 0 Å². The van der Waals surface area contributed by atoms with E-state index in [4.69, 9.17) is 9.84 Å². The van der Waals surface area contributed by atoms with Crippen molar-refractivity contribution < 1.29 is 24.2 Å². The van der Waals surface area contributed by atoms with Gasteiger partial charge in [-0.3, -0.25) is 9.59 Å². The zero-order valence-electron chi connectivity index (χ0n) is 14.2. The number of benzene rings is 1. The van der Waals surface area contributed by atoms with Crippen molar-refractivity contribution in [2.45, 2.75) is 25.9 Å². The second kappa shape index (κ2) is 7.23. The topological polar surface area (TPSA) is 87.2 Å². The first kappa shape index (κ1) is 17.4. The maximum atomic E-state index is 12.7. The van der Waals surface area contributed by atoms with Crippen molar-refractivity contribution in [2.75, 3.05) is 31.1 Å². The van der Waals surface area contributed by atoms with Gasteiger partial charge in [0.15, 0.2) is 6.10 Å². The number of hydrogen-bond donors (Lipinski definition) is 1. The van der Waals surface area contributed by atoms with Gasteiger partial charge in [-0.05, 0) is 18.1 Å². The number of ether oxygens (including phenoxy) is 1. The highest BCUT2D eigenvalue weighted by Crippen LogP contribution is 2.29. The van der Waals surface area contributed by atoms with Gasteiger partial charge >= 0.3 is 5.97 Å². The number of aliphatic carboxylic acids is 1. The molecule has 7 heteroatoms. The fourth-order valence-electron chi connectivity index (χ4n) is 3.44. The largest absolute Gasteiger partial charge is 0.479 e. The molecule has 134 valence electrons. The van der Waals surface area contributed by atoms with Crippen LogP contribution in [0.5, 0.6) is 0 Å². The normalized spacial score (nSPS) is 23.8. The molecule has 0 radical (unpaired) electrons. The molecule has 0 bridgehead atoms. The van der Waals surface area contributed by atoms with Gasteiger partial charge in [0.05, 0.1) is 19.1 Å². The predicted octanol–water partition coefficient (Wildman–Crippen LogP) is 0.914. The van der Waals surface area contributed by atoms with Crippen molar-refractivity contribution in [1.29, 1.82) is 0 Å². The molecule has 2 aliphatic rings. The summed E-state index contributed by atoms with van der Waals surface area (Å²) >= 11 is 0. The van der Waals surface area contributed by atoms with Crippen molar-refractivity contribution >= 4 is 23.5 Å². The molecule has 2 saturated heterocycles. The lowest BCUT2D eigenvalue weighted by Gasteiger charge is -2.32. The molecule has 1 aromatic carbocycles. The second-order valence-electron chi connectivity index (χ2n) is 6.37. The van der Waals surface area contributed by atoms with Crippen molar-refractivity contribution in [2.24, 2.45) is 5.92 Å². The molecule has 25 heavy (non-hydrogen) atoms. The summed E-state index contributed by atoms with van der Waals surface area (Å²) in [5, 5.41) is 9.07. The lowest BCUT2D eigenvalue weighted by atomic mass is 10.1. The summed E-state index contributed by atoms with van der Waals surface area (Å²) in [4.78, 5) is 39.5. The number of anilines is 1. The van der Waals surface area contributed by atoms with Gasteiger partial charge < -0.3 is 19.6 Å². The lowest BCUT2D eigenvalue weighted by Crippen LogP contribution is -2.50. The molecule has 2 amide bonds. The monoisotopic (exact) mass is 346 g/mol. The van der Waals surface area contributed by atoms with Gasteiger partial charge in [0.25, 0.3) is 0 Å². The van der Waals surface area contributed by atoms with Crippen LogP contribution in [-0.4, -0.2) is 60.1 Å². The van der Waals surface area contributed by atoms with E-state index in [-0.39, 0.29) is 31.4 Å². The number of aryl methyl sites for hydroxylation is 1. The Morgan fingerprint density at radius 1 is 1.28 bits per heavy atom. The zero-order valence-corrected chi connectivity index (χ0v) is 14.2. The van der Waals surface area contributed by atoms with Crippen LogP contribution in [0.15, 0.2) is 24.3 Å². The Labute approximate surface area is 146 Å². The zero-order chi connectivity index (χ0) is 18.0. The van der Waals surface area contributed by atoms with Crippen LogP contribution in [0, 0.1) is 5.92 Å². The van der Waals surface area contributed by atoms with Crippen molar-refractivity contribution in [1.82, 2.24) is 4.90 Å². The Morgan fingerprint density at radius 3 is 2.76 bits per heavy atom. The van der Waals surface area contributed by atoms with Gasteiger partial charge in [-0.1, -0.05) is 25.1 Å². The minimum absolute atomic E-state index is 0.0321. The lowest BCUT2D eigenvalue weighted by molar-refractivity contribution is -0.160. The molecule has 7 nitrogen and oxygen atoms in total. The number of para-hydroxylation sites is 1. The summed E-state index contributed by atoms with van der Waals surface area (Å²) < 4.78 is 5.15. The maximum Gasteiger partial charge on any atom is 0.334 e. The van der Waals surface area contributed by atoms with E-state index >= 15 is 0 Å². The molecule has 3 rings (SSSR count). The summed E-state index contributed by atoms with van der Waals surface area (Å²) in [5.74, 6) is -1.75. The van der Waals surface area contributed by atoms with Gasteiger partial charge in [-0.15, -0.1) is 0 Å². The summed E-state index contributed by atoms with van der Waals surface area (Å²) in [7, 11) is 0. The highest BCUT2D eigenvalue weighted by molar-refractivity contribution is 6.00. The second-order valence-corrected chi connectivity index (χ2v) is 6.37. The molecule has 0 aromatic heterocycles. The highest BCUT2D eigenvalue weighted by Gasteiger charge is 2.39. The summed E-state index contributed by atoms with van der Waals surface area (Å²) in [5.41, 5.74) is 1.93. The van der Waals surface area contributed by atoms with E-state index in [1.807, 2.05) is 31.2 Å². The number of carbonyl (C=O) groups excluding carboxylic acids is 2. The van der Waals surface area contributed by atoms with Crippen molar-refractivity contribution in [3.8, 4) is 0 Å². The Hall–Kier alpha value is -2.41. The fraction of sp³-hybridized carbons (Fsp3) is 0.500. The standard InChI is InChI=1S/C18H22N2O5/c1-2-12-5-3-4-6-14(12)20-10-13(9-16(20)21)17(22)19-7-8-25-15(11-19)18(23)24/h3-6,13,15H,2,7-11H2,1H3,(H,23,24). The molecule has 2 atom stereocenters. The van der Waals surface area contributed by atoms with Gasteiger partial charge in [-0.25, -0.2) is 4.79 Å². The summed E-state index contributed by atoms with van der Waals surface area (Å²) in [6.07, 6.45) is -0.0272. The van der Waals surface area contributed by atoms with Gasteiger partial charge in [0.1, 0.15) is 0 Å². The Balaban J connectivity index is 1.71. The van der Waals surface area contributed by atoms with E-state index in [9.17, 15) is 14.4 Å². The van der Waals surface area contributed by atoms with E-state index in [1.165, 1.54) is 4.90 Å². The molecule has 2 unspecified atom stereocenters. The number of nitrogens with zero attached hydrogens (tertiary/aromatic N) is 2. The number of carboxylic acid groups (broad SMARTS) is 1. The van der Waals surface area contributed by atoms with E-state index in [0.29, 0.717) is 13.1 Å². The first-order valence-electron chi connectivity index (χ1n) is 8.52. The van der Waals surface area contributed by atoms with E-state index < -0.39 is 18.0 Å². The van der Waals surface area contributed by atoms with E-state index in [1.54, 1.807) is 4.90 Å². The van der Waals surface area contributed by atoms with Crippen LogP contribution in [0.4, 0.5) is 5.69 Å². The highest BCUT2D eigenvalue weighted by atomic mass is 16.5. The minimum atomic E-state index is -1.07. The molecule has 0 spiro atoms. The smallest absolute Gasteiger partial charge is 0.334 e. The first-order chi connectivity index (χ1) is 12.0. The van der Waals surface area contributed by atoms with Crippen LogP contribution < -0.4 is 4.90 Å². The fourth-order valence-corrected chi connectivity index (χ4v) is 3.44. The van der Waals surface area contributed by atoms with E-state index in [2.05, 4.69) is 0 Å². The van der Waals surface area contributed by atoms with Crippen LogP contribution in [0.2, 0.25) is 0 Å². The number of carboxylic acids is 1. The maximum absolute atomic E-state index is 12.7. The summed E-state index contributed by atoms with van der Waals surface area (Å²) in [6, 6.07) is 7.71. The molecular weight excluding hydrogens is 324 g/mol. The molecule has 1 N–H and O–H groups in total. The molecule has 2 fully saturated rings. The van der Waals surface area contributed by atoms with Crippen molar-refractivity contribution in [3.05, 3.63) is 29.8 Å². The average Bonchev–Trinajstić information content (AvgIpc) is 3.02. The van der Waals surface area contributed by atoms with Gasteiger partial charge in [0, 0.05) is 25.2 Å². The van der Waals surface area contributed by atoms with Crippen LogP contribution in [-0.2, 0) is 25.5 Å². The minimum Gasteiger partial charge on any atom is -0.479 e. The quantitative estimate of drug-likeness (QED) is 0.876. The van der Waals surface area contributed by atoms with Crippen molar-refractivity contribution in [3.63, 3.8) is 0 Å². The first-order valence-corrected chi connectivity index (χ1v) is 8.52. The van der Waals surface area contributed by atoms with Crippen LogP contribution in [0.1, 0.15) is 18.9 Å². The molecule has 2 aliphatic heterocycles.